The summed E-state index contributed by atoms with van der Waals surface area (Å²) in [4.78, 5) is 0. The summed E-state index contributed by atoms with van der Waals surface area (Å²) >= 11 is 0. The lowest BCUT2D eigenvalue weighted by Crippen LogP contribution is -2.18. The second-order valence-electron chi connectivity index (χ2n) is 4.98. The van der Waals surface area contributed by atoms with Crippen LogP contribution in [0.2, 0.25) is 0 Å². The number of aryl methyl sites for hydroxylation is 1. The maximum Gasteiger partial charge on any atom is 0.123 e. The average Bonchev–Trinajstić information content (AvgIpc) is 2.46. The lowest BCUT2D eigenvalue weighted by atomic mass is 10.0. The number of nitrogens with one attached hydrogen (secondary N) is 1. The summed E-state index contributed by atoms with van der Waals surface area (Å²) in [5.74, 6) is 1.21. The minimum Gasteiger partial charge on any atom is -0.508 e. The third kappa shape index (κ3) is 3.31. The lowest BCUT2D eigenvalue weighted by Gasteiger charge is -2.18. The van der Waals surface area contributed by atoms with Crippen LogP contribution in [0.25, 0.3) is 0 Å². The summed E-state index contributed by atoms with van der Waals surface area (Å²) in [6, 6.07) is 13.7. The first kappa shape index (κ1) is 14.4. The first-order valence-electron chi connectivity index (χ1n) is 6.76. The molecule has 3 heteroatoms. The summed E-state index contributed by atoms with van der Waals surface area (Å²) in [5.41, 5.74) is 3.19. The van der Waals surface area contributed by atoms with Crippen LogP contribution in [0.4, 0.5) is 0 Å². The van der Waals surface area contributed by atoms with Gasteiger partial charge in [-0.1, -0.05) is 30.3 Å². The highest BCUT2D eigenvalue weighted by atomic mass is 16.5. The molecule has 2 N–H and O–H groups in total. The van der Waals surface area contributed by atoms with E-state index >= 15 is 0 Å². The van der Waals surface area contributed by atoms with Crippen molar-refractivity contribution in [3.05, 3.63) is 59.2 Å². The van der Waals surface area contributed by atoms with Crippen molar-refractivity contribution in [1.82, 2.24) is 5.32 Å². The highest BCUT2D eigenvalue weighted by Gasteiger charge is 2.11. The number of hydrogen-bond acceptors (Lipinski definition) is 3. The predicted octanol–water partition coefficient (Wildman–Crippen LogP) is 3.56. The SMILES string of the molecule is COc1cc(C)ccc1C(C)NCc1ccccc1O. The van der Waals surface area contributed by atoms with Gasteiger partial charge >= 0.3 is 0 Å². The number of phenolic OH excluding ortho intramolecular Hbond substituents is 1. The van der Waals surface area contributed by atoms with E-state index in [9.17, 15) is 5.11 Å². The third-order valence-corrected chi connectivity index (χ3v) is 3.45. The summed E-state index contributed by atoms with van der Waals surface area (Å²) in [7, 11) is 1.69. The zero-order chi connectivity index (χ0) is 14.5. The van der Waals surface area contributed by atoms with Crippen molar-refractivity contribution in [2.45, 2.75) is 26.4 Å². The quantitative estimate of drug-likeness (QED) is 0.873. The Morgan fingerprint density at radius 3 is 2.65 bits per heavy atom. The van der Waals surface area contributed by atoms with Gasteiger partial charge in [-0.15, -0.1) is 0 Å². The maximum absolute atomic E-state index is 9.77. The number of aromatic hydroxyl groups is 1. The van der Waals surface area contributed by atoms with E-state index in [0.29, 0.717) is 12.3 Å². The predicted molar refractivity (Wildman–Crippen MR) is 81.1 cm³/mol. The van der Waals surface area contributed by atoms with Gasteiger partial charge in [0.05, 0.1) is 7.11 Å². The topological polar surface area (TPSA) is 41.5 Å². The normalized spacial score (nSPS) is 12.2. The molecular formula is C17H21NO2. The highest BCUT2D eigenvalue weighted by molar-refractivity contribution is 5.39. The molecule has 0 radical (unpaired) electrons. The molecule has 3 nitrogen and oxygen atoms in total. The van der Waals surface area contributed by atoms with Gasteiger partial charge in [-0.3, -0.25) is 0 Å². The Labute approximate surface area is 120 Å². The number of rotatable bonds is 5. The van der Waals surface area contributed by atoms with E-state index in [2.05, 4.69) is 24.4 Å². The molecule has 0 amide bonds. The zero-order valence-electron chi connectivity index (χ0n) is 12.2. The van der Waals surface area contributed by atoms with Crippen LogP contribution in [0.5, 0.6) is 11.5 Å². The molecule has 0 aliphatic heterocycles. The molecule has 1 unspecified atom stereocenters. The second-order valence-corrected chi connectivity index (χ2v) is 4.98. The molecule has 0 spiro atoms. The van der Waals surface area contributed by atoms with Crippen LogP contribution < -0.4 is 10.1 Å². The van der Waals surface area contributed by atoms with E-state index in [1.807, 2.05) is 31.2 Å². The standard InChI is InChI=1S/C17H21NO2/c1-12-8-9-15(17(10-12)20-3)13(2)18-11-14-6-4-5-7-16(14)19/h4-10,13,18-19H,11H2,1-3H3. The fourth-order valence-corrected chi connectivity index (χ4v) is 2.21. The fraction of sp³-hybridized carbons (Fsp3) is 0.294. The Kier molecular flexibility index (Phi) is 4.64. The Hall–Kier alpha value is -2.00. The Balaban J connectivity index is 2.09. The fourth-order valence-electron chi connectivity index (χ4n) is 2.21. The van der Waals surface area contributed by atoms with Crippen LogP contribution in [0, 0.1) is 6.92 Å². The summed E-state index contributed by atoms with van der Waals surface area (Å²) in [6.07, 6.45) is 0. The van der Waals surface area contributed by atoms with Crippen molar-refractivity contribution in [1.29, 1.82) is 0 Å². The van der Waals surface area contributed by atoms with Crippen molar-refractivity contribution in [3.63, 3.8) is 0 Å². The molecule has 0 aliphatic carbocycles. The van der Waals surface area contributed by atoms with Gasteiger partial charge in [0.2, 0.25) is 0 Å². The molecule has 0 aromatic heterocycles. The molecule has 0 heterocycles. The first-order chi connectivity index (χ1) is 9.61. The molecule has 106 valence electrons. The third-order valence-electron chi connectivity index (χ3n) is 3.45. The number of methoxy groups -OCH3 is 1. The number of para-hydroxylation sites is 1. The van der Waals surface area contributed by atoms with Crippen LogP contribution in [0.3, 0.4) is 0 Å². The van der Waals surface area contributed by atoms with Gasteiger partial charge in [-0.25, -0.2) is 0 Å². The Bertz CT molecular complexity index is 581. The number of benzene rings is 2. The van der Waals surface area contributed by atoms with Crippen molar-refractivity contribution >= 4 is 0 Å². The molecule has 1 atom stereocenters. The number of ether oxygens (including phenoxy) is 1. The number of phenols is 1. The van der Waals surface area contributed by atoms with E-state index in [0.717, 1.165) is 16.9 Å². The smallest absolute Gasteiger partial charge is 0.123 e. The molecule has 2 aromatic carbocycles. The monoisotopic (exact) mass is 271 g/mol. The van der Waals surface area contributed by atoms with Crippen LogP contribution >= 0.6 is 0 Å². The molecule has 2 aromatic rings. The minimum absolute atomic E-state index is 0.144. The summed E-state index contributed by atoms with van der Waals surface area (Å²) in [5, 5.41) is 13.2. The average molecular weight is 271 g/mol. The van der Waals surface area contributed by atoms with Crippen LogP contribution in [-0.4, -0.2) is 12.2 Å². The van der Waals surface area contributed by atoms with E-state index in [1.165, 1.54) is 5.56 Å². The van der Waals surface area contributed by atoms with E-state index in [1.54, 1.807) is 13.2 Å². The number of hydrogen-bond donors (Lipinski definition) is 2. The summed E-state index contributed by atoms with van der Waals surface area (Å²) in [6.45, 7) is 4.75. The first-order valence-corrected chi connectivity index (χ1v) is 6.76. The van der Waals surface area contributed by atoms with Gasteiger partial charge in [0.1, 0.15) is 11.5 Å². The van der Waals surface area contributed by atoms with E-state index in [-0.39, 0.29) is 6.04 Å². The lowest BCUT2D eigenvalue weighted by molar-refractivity contribution is 0.400. The molecule has 0 bridgehead atoms. The van der Waals surface area contributed by atoms with Crippen molar-refractivity contribution < 1.29 is 9.84 Å². The molecule has 0 saturated heterocycles. The molecule has 20 heavy (non-hydrogen) atoms. The van der Waals surface area contributed by atoms with Crippen LogP contribution in [0.1, 0.15) is 29.7 Å². The van der Waals surface area contributed by atoms with E-state index in [4.69, 9.17) is 4.74 Å². The second kappa shape index (κ2) is 6.44. The van der Waals surface area contributed by atoms with Gasteiger partial charge < -0.3 is 15.2 Å². The van der Waals surface area contributed by atoms with E-state index < -0.39 is 0 Å². The highest BCUT2D eigenvalue weighted by Crippen LogP contribution is 2.26. The Morgan fingerprint density at radius 1 is 1.20 bits per heavy atom. The van der Waals surface area contributed by atoms with Crippen LogP contribution in [0.15, 0.2) is 42.5 Å². The molecule has 0 aliphatic rings. The van der Waals surface area contributed by atoms with Gasteiger partial charge in [0.15, 0.2) is 0 Å². The molecule has 0 saturated carbocycles. The molecular weight excluding hydrogens is 250 g/mol. The van der Waals surface area contributed by atoms with Gasteiger partial charge in [0, 0.05) is 23.7 Å². The van der Waals surface area contributed by atoms with Crippen molar-refractivity contribution in [2.75, 3.05) is 7.11 Å². The van der Waals surface area contributed by atoms with Crippen molar-refractivity contribution in [3.8, 4) is 11.5 Å². The maximum atomic E-state index is 9.77. The van der Waals surface area contributed by atoms with Crippen LogP contribution in [-0.2, 0) is 6.54 Å². The molecule has 0 fully saturated rings. The largest absolute Gasteiger partial charge is 0.508 e. The minimum atomic E-state index is 0.144. The summed E-state index contributed by atoms with van der Waals surface area (Å²) < 4.78 is 5.43. The van der Waals surface area contributed by atoms with Crippen molar-refractivity contribution in [2.24, 2.45) is 0 Å². The Morgan fingerprint density at radius 2 is 1.95 bits per heavy atom. The zero-order valence-corrected chi connectivity index (χ0v) is 12.2. The van der Waals surface area contributed by atoms with Gasteiger partial charge in [-0.05, 0) is 31.5 Å². The van der Waals surface area contributed by atoms with Gasteiger partial charge in [0.25, 0.3) is 0 Å². The molecule has 2 rings (SSSR count). The van der Waals surface area contributed by atoms with Gasteiger partial charge in [-0.2, -0.15) is 0 Å².